The third-order valence-electron chi connectivity index (χ3n) is 2.84. The van der Waals surface area contributed by atoms with Gasteiger partial charge in [-0.1, -0.05) is 0 Å². The van der Waals surface area contributed by atoms with E-state index < -0.39 is 0 Å². The summed E-state index contributed by atoms with van der Waals surface area (Å²) in [4.78, 5) is 8.72. The van der Waals surface area contributed by atoms with Crippen LogP contribution in [0.5, 0.6) is 0 Å². The molecule has 0 fully saturated rings. The Hall–Kier alpha value is -1.55. The number of aryl methyl sites for hydroxylation is 1. The molecule has 0 aliphatic carbocycles. The lowest BCUT2D eigenvalue weighted by atomic mass is 10.1. The SMILES string of the molecule is CNC(C)Cc1nc(C)nc2ccc(F)cc12. The number of nitrogens with one attached hydrogen (secondary N) is 1. The van der Waals surface area contributed by atoms with Crippen LogP contribution in [-0.2, 0) is 6.42 Å². The summed E-state index contributed by atoms with van der Waals surface area (Å²) in [6.07, 6.45) is 0.764. The average molecular weight is 233 g/mol. The van der Waals surface area contributed by atoms with E-state index in [0.29, 0.717) is 6.04 Å². The van der Waals surface area contributed by atoms with E-state index in [0.717, 1.165) is 28.8 Å². The van der Waals surface area contributed by atoms with Gasteiger partial charge in [-0.2, -0.15) is 0 Å². The summed E-state index contributed by atoms with van der Waals surface area (Å²) in [5, 5.41) is 3.96. The van der Waals surface area contributed by atoms with E-state index in [-0.39, 0.29) is 5.82 Å². The Kier molecular flexibility index (Phi) is 3.33. The first kappa shape index (κ1) is 11.9. The van der Waals surface area contributed by atoms with Crippen LogP contribution >= 0.6 is 0 Å². The van der Waals surface area contributed by atoms with E-state index in [1.54, 1.807) is 6.07 Å². The highest BCUT2D eigenvalue weighted by molar-refractivity contribution is 5.81. The maximum absolute atomic E-state index is 13.3. The molecule has 0 radical (unpaired) electrons. The molecule has 1 aromatic carbocycles. The van der Waals surface area contributed by atoms with Gasteiger partial charge in [0.25, 0.3) is 0 Å². The molecular weight excluding hydrogens is 217 g/mol. The standard InChI is InChI=1S/C13H16FN3/c1-8(15-3)6-13-11-7-10(14)4-5-12(11)16-9(2)17-13/h4-5,7-8,15H,6H2,1-3H3. The van der Waals surface area contributed by atoms with Crippen molar-refractivity contribution in [1.82, 2.24) is 15.3 Å². The molecule has 1 unspecified atom stereocenters. The predicted molar refractivity (Wildman–Crippen MR) is 66.5 cm³/mol. The van der Waals surface area contributed by atoms with Gasteiger partial charge in [-0.3, -0.25) is 0 Å². The number of aromatic nitrogens is 2. The molecule has 0 spiro atoms. The first-order valence-corrected chi connectivity index (χ1v) is 5.70. The van der Waals surface area contributed by atoms with E-state index in [1.807, 2.05) is 14.0 Å². The molecule has 2 rings (SSSR count). The van der Waals surface area contributed by atoms with Gasteiger partial charge in [-0.25, -0.2) is 14.4 Å². The minimum atomic E-state index is -0.247. The molecule has 17 heavy (non-hydrogen) atoms. The molecule has 1 N–H and O–H groups in total. The van der Waals surface area contributed by atoms with E-state index in [4.69, 9.17) is 0 Å². The van der Waals surface area contributed by atoms with Crippen molar-refractivity contribution in [2.45, 2.75) is 26.3 Å². The van der Waals surface area contributed by atoms with E-state index in [1.165, 1.54) is 12.1 Å². The molecule has 90 valence electrons. The van der Waals surface area contributed by atoms with Gasteiger partial charge in [0.1, 0.15) is 11.6 Å². The largest absolute Gasteiger partial charge is 0.317 e. The van der Waals surface area contributed by atoms with Gasteiger partial charge in [0.2, 0.25) is 0 Å². The number of likely N-dealkylation sites (N-methyl/N-ethyl adjacent to an activating group) is 1. The van der Waals surface area contributed by atoms with Gasteiger partial charge in [-0.15, -0.1) is 0 Å². The Morgan fingerprint density at radius 2 is 2.12 bits per heavy atom. The summed E-state index contributed by atoms with van der Waals surface area (Å²) < 4.78 is 13.3. The molecule has 2 aromatic rings. The van der Waals surface area contributed by atoms with Gasteiger partial charge < -0.3 is 5.32 Å². The van der Waals surface area contributed by atoms with Crippen LogP contribution in [0.3, 0.4) is 0 Å². The first-order chi connectivity index (χ1) is 8.10. The summed E-state index contributed by atoms with van der Waals surface area (Å²) in [5.74, 6) is 0.478. The lowest BCUT2D eigenvalue weighted by molar-refractivity contribution is 0.600. The summed E-state index contributed by atoms with van der Waals surface area (Å²) in [7, 11) is 1.90. The van der Waals surface area contributed by atoms with Crippen molar-refractivity contribution < 1.29 is 4.39 Å². The van der Waals surface area contributed by atoms with Gasteiger partial charge in [0.15, 0.2) is 0 Å². The first-order valence-electron chi connectivity index (χ1n) is 5.70. The topological polar surface area (TPSA) is 37.8 Å². The van der Waals surface area contributed by atoms with Crippen molar-refractivity contribution in [3.05, 3.63) is 35.5 Å². The third kappa shape index (κ3) is 2.58. The van der Waals surface area contributed by atoms with Gasteiger partial charge in [0, 0.05) is 17.8 Å². The van der Waals surface area contributed by atoms with E-state index in [9.17, 15) is 4.39 Å². The number of hydrogen-bond acceptors (Lipinski definition) is 3. The Morgan fingerprint density at radius 1 is 1.35 bits per heavy atom. The number of hydrogen-bond donors (Lipinski definition) is 1. The lowest BCUT2D eigenvalue weighted by Gasteiger charge is -2.12. The third-order valence-corrected chi connectivity index (χ3v) is 2.84. The monoisotopic (exact) mass is 233 g/mol. The molecule has 0 saturated heterocycles. The number of fused-ring (bicyclic) bond motifs is 1. The van der Waals surface area contributed by atoms with Crippen LogP contribution in [0.2, 0.25) is 0 Å². The van der Waals surface area contributed by atoms with E-state index in [2.05, 4.69) is 22.2 Å². The zero-order valence-corrected chi connectivity index (χ0v) is 10.3. The van der Waals surface area contributed by atoms with Crippen LogP contribution in [0.4, 0.5) is 4.39 Å². The second-order valence-corrected chi connectivity index (χ2v) is 4.27. The Balaban J connectivity index is 2.55. The zero-order valence-electron chi connectivity index (χ0n) is 10.3. The number of rotatable bonds is 3. The highest BCUT2D eigenvalue weighted by Crippen LogP contribution is 2.18. The fraction of sp³-hybridized carbons (Fsp3) is 0.385. The fourth-order valence-corrected chi connectivity index (χ4v) is 1.84. The van der Waals surface area contributed by atoms with Crippen LogP contribution in [-0.4, -0.2) is 23.1 Å². The molecule has 4 heteroatoms. The zero-order chi connectivity index (χ0) is 12.4. The van der Waals surface area contributed by atoms with Crippen LogP contribution in [0.15, 0.2) is 18.2 Å². The normalized spacial score (nSPS) is 12.9. The van der Waals surface area contributed by atoms with Gasteiger partial charge in [-0.05, 0) is 39.1 Å². The highest BCUT2D eigenvalue weighted by atomic mass is 19.1. The molecule has 0 aliphatic heterocycles. The molecule has 1 aromatic heterocycles. The van der Waals surface area contributed by atoms with Gasteiger partial charge >= 0.3 is 0 Å². The summed E-state index contributed by atoms with van der Waals surface area (Å²) >= 11 is 0. The summed E-state index contributed by atoms with van der Waals surface area (Å²) in [6.45, 7) is 3.93. The van der Waals surface area contributed by atoms with Crippen molar-refractivity contribution in [3.8, 4) is 0 Å². The van der Waals surface area contributed by atoms with Crippen LogP contribution in [0.1, 0.15) is 18.4 Å². The fourth-order valence-electron chi connectivity index (χ4n) is 1.84. The molecule has 0 bridgehead atoms. The summed E-state index contributed by atoms with van der Waals surface area (Å²) in [5.41, 5.74) is 1.70. The molecule has 1 atom stereocenters. The smallest absolute Gasteiger partial charge is 0.126 e. The minimum absolute atomic E-state index is 0.247. The minimum Gasteiger partial charge on any atom is -0.317 e. The molecule has 0 aliphatic rings. The van der Waals surface area contributed by atoms with Crippen molar-refractivity contribution >= 4 is 10.9 Å². The van der Waals surface area contributed by atoms with Crippen LogP contribution < -0.4 is 5.32 Å². The second-order valence-electron chi connectivity index (χ2n) is 4.27. The highest BCUT2D eigenvalue weighted by Gasteiger charge is 2.09. The maximum Gasteiger partial charge on any atom is 0.126 e. The Morgan fingerprint density at radius 3 is 2.82 bits per heavy atom. The maximum atomic E-state index is 13.3. The van der Waals surface area contributed by atoms with Crippen LogP contribution in [0, 0.1) is 12.7 Å². The summed E-state index contributed by atoms with van der Waals surface area (Å²) in [6, 6.07) is 4.94. The Bertz CT molecular complexity index is 539. The van der Waals surface area contributed by atoms with Gasteiger partial charge in [0.05, 0.1) is 11.2 Å². The molecular formula is C13H16FN3. The average Bonchev–Trinajstić information content (AvgIpc) is 2.29. The van der Waals surface area contributed by atoms with Crippen molar-refractivity contribution in [1.29, 1.82) is 0 Å². The predicted octanol–water partition coefficient (Wildman–Crippen LogP) is 2.23. The van der Waals surface area contributed by atoms with Crippen molar-refractivity contribution in [3.63, 3.8) is 0 Å². The number of nitrogens with zero attached hydrogens (tertiary/aromatic N) is 2. The lowest BCUT2D eigenvalue weighted by Crippen LogP contribution is -2.24. The second kappa shape index (κ2) is 4.75. The van der Waals surface area contributed by atoms with Crippen molar-refractivity contribution in [2.75, 3.05) is 7.05 Å². The number of halogens is 1. The molecule has 0 saturated carbocycles. The Labute approximate surface area is 100 Å². The molecule has 3 nitrogen and oxygen atoms in total. The van der Waals surface area contributed by atoms with Crippen molar-refractivity contribution in [2.24, 2.45) is 0 Å². The molecule has 1 heterocycles. The quantitative estimate of drug-likeness (QED) is 0.883. The number of benzene rings is 1. The molecule has 0 amide bonds. The van der Waals surface area contributed by atoms with E-state index >= 15 is 0 Å². The van der Waals surface area contributed by atoms with Crippen LogP contribution in [0.25, 0.3) is 10.9 Å².